The van der Waals surface area contributed by atoms with Gasteiger partial charge in [0, 0.05) is 6.07 Å². The number of hydrogen-bond donors (Lipinski definition) is 0. The fraction of sp³-hybridized carbons (Fsp3) is 0.289. The normalized spacial score (nSPS) is 12.6. The number of rotatable bonds is 4. The minimum Gasteiger partial charge on any atom is -0.200 e. The average Bonchev–Trinajstić information content (AvgIpc) is 2.92. The van der Waals surface area contributed by atoms with Crippen LogP contribution in [0.15, 0.2) is 103 Å². The number of aromatic nitrogens is 1. The third kappa shape index (κ3) is 4.95. The van der Waals surface area contributed by atoms with Crippen LogP contribution < -0.4 is 20.1 Å². The fourth-order valence-electron chi connectivity index (χ4n) is 6.23. The summed E-state index contributed by atoms with van der Waals surface area (Å²) in [7, 11) is -0.000628. The van der Waals surface area contributed by atoms with Crippen LogP contribution in [-0.4, -0.2) is 8.07 Å². The standard InChI is InChI=1S/C38H44NSi/c1-27-34(25-29(37(2,3)4)26-35(27)38(5,6)7)36-33-21-20-32(24-28(33)22-23-39(36)8)40(9,30-16-12-10-13-17-30)31-18-14-11-15-19-31/h10-26H,1-9H3/q+1. The first-order chi connectivity index (χ1) is 18.8. The van der Waals surface area contributed by atoms with Gasteiger partial charge in [-0.2, -0.15) is 0 Å². The third-order valence-corrected chi connectivity index (χ3v) is 13.2. The molecule has 1 nitrogen and oxygen atoms in total. The van der Waals surface area contributed by atoms with Gasteiger partial charge >= 0.3 is 0 Å². The van der Waals surface area contributed by atoms with E-state index in [4.69, 9.17) is 0 Å². The highest BCUT2D eigenvalue weighted by Crippen LogP contribution is 2.38. The molecule has 0 radical (unpaired) electrons. The molecule has 0 saturated heterocycles. The van der Waals surface area contributed by atoms with Gasteiger partial charge in [-0.25, -0.2) is 4.57 Å². The first kappa shape index (κ1) is 28.1. The molecule has 0 bridgehead atoms. The molecule has 2 heteroatoms. The van der Waals surface area contributed by atoms with Crippen LogP contribution in [0.1, 0.15) is 58.2 Å². The molecule has 40 heavy (non-hydrogen) atoms. The Hall–Kier alpha value is -3.49. The van der Waals surface area contributed by atoms with Crippen molar-refractivity contribution in [3.05, 3.63) is 120 Å². The van der Waals surface area contributed by atoms with Crippen LogP contribution >= 0.6 is 0 Å². The Labute approximate surface area is 242 Å². The fourth-order valence-corrected chi connectivity index (χ4v) is 9.81. The van der Waals surface area contributed by atoms with Crippen molar-refractivity contribution in [1.29, 1.82) is 0 Å². The zero-order valence-corrected chi connectivity index (χ0v) is 26.8. The summed E-state index contributed by atoms with van der Waals surface area (Å²) >= 11 is 0. The second kappa shape index (κ2) is 10.2. The molecule has 204 valence electrons. The quantitative estimate of drug-likeness (QED) is 0.127. The lowest BCUT2D eigenvalue weighted by Crippen LogP contribution is -2.64. The van der Waals surface area contributed by atoms with E-state index < -0.39 is 8.07 Å². The van der Waals surface area contributed by atoms with Crippen molar-refractivity contribution in [1.82, 2.24) is 0 Å². The summed E-state index contributed by atoms with van der Waals surface area (Å²) in [6, 6.07) is 36.7. The van der Waals surface area contributed by atoms with Gasteiger partial charge in [0.15, 0.2) is 6.20 Å². The van der Waals surface area contributed by atoms with Gasteiger partial charge in [0.2, 0.25) is 5.69 Å². The lowest BCUT2D eigenvalue weighted by atomic mass is 9.76. The van der Waals surface area contributed by atoms with Crippen molar-refractivity contribution in [2.75, 3.05) is 0 Å². The van der Waals surface area contributed by atoms with Crippen molar-refractivity contribution in [2.24, 2.45) is 7.05 Å². The van der Waals surface area contributed by atoms with E-state index in [-0.39, 0.29) is 10.8 Å². The van der Waals surface area contributed by atoms with Crippen molar-refractivity contribution < 1.29 is 4.57 Å². The number of fused-ring (bicyclic) bond motifs is 1. The van der Waals surface area contributed by atoms with Crippen LogP contribution in [0.25, 0.3) is 22.0 Å². The Bertz CT molecular complexity index is 1630. The number of nitrogens with zero attached hydrogens (tertiary/aromatic N) is 1. The number of pyridine rings is 1. The van der Waals surface area contributed by atoms with Crippen molar-refractivity contribution in [2.45, 2.75) is 65.8 Å². The molecule has 0 N–H and O–H groups in total. The predicted octanol–water partition coefficient (Wildman–Crippen LogP) is 7.33. The van der Waals surface area contributed by atoms with Gasteiger partial charge in [0.25, 0.3) is 0 Å². The van der Waals surface area contributed by atoms with Crippen LogP contribution in [0.2, 0.25) is 6.55 Å². The van der Waals surface area contributed by atoms with Crippen molar-refractivity contribution in [3.8, 4) is 11.3 Å². The Morgan fingerprint density at radius 3 is 1.73 bits per heavy atom. The molecule has 1 aromatic heterocycles. The smallest absolute Gasteiger partial charge is 0.200 e. The van der Waals surface area contributed by atoms with Crippen molar-refractivity contribution >= 4 is 34.4 Å². The van der Waals surface area contributed by atoms with Crippen LogP contribution in [-0.2, 0) is 17.9 Å². The van der Waals surface area contributed by atoms with Gasteiger partial charge in [0.1, 0.15) is 15.1 Å². The molecule has 0 fully saturated rings. The van der Waals surface area contributed by atoms with Crippen LogP contribution in [0.4, 0.5) is 0 Å². The number of benzene rings is 4. The van der Waals surface area contributed by atoms with E-state index in [0.29, 0.717) is 0 Å². The molecule has 0 amide bonds. The van der Waals surface area contributed by atoms with E-state index in [9.17, 15) is 0 Å². The second-order valence-electron chi connectivity index (χ2n) is 13.6. The molecule has 5 aromatic rings. The Morgan fingerprint density at radius 2 is 1.20 bits per heavy atom. The van der Waals surface area contributed by atoms with Crippen molar-refractivity contribution in [3.63, 3.8) is 0 Å². The highest BCUT2D eigenvalue weighted by molar-refractivity contribution is 7.10. The topological polar surface area (TPSA) is 3.88 Å². The van der Waals surface area contributed by atoms with Crippen LogP contribution in [0, 0.1) is 6.92 Å². The molecule has 0 aliphatic carbocycles. The van der Waals surface area contributed by atoms with E-state index in [1.165, 1.54) is 54.3 Å². The average molecular weight is 543 g/mol. The van der Waals surface area contributed by atoms with E-state index in [0.717, 1.165) is 0 Å². The molecule has 0 spiro atoms. The maximum absolute atomic E-state index is 2.50. The van der Waals surface area contributed by atoms with E-state index in [1.54, 1.807) is 0 Å². The molecule has 5 rings (SSSR count). The first-order valence-electron chi connectivity index (χ1n) is 14.5. The van der Waals surface area contributed by atoms with Gasteiger partial charge in [0.05, 0.1) is 10.9 Å². The summed E-state index contributed by atoms with van der Waals surface area (Å²) < 4.78 is 2.31. The van der Waals surface area contributed by atoms with E-state index >= 15 is 0 Å². The molecule has 0 aliphatic rings. The molecule has 4 aromatic carbocycles. The molecule has 1 heterocycles. The Morgan fingerprint density at radius 1 is 0.625 bits per heavy atom. The Kier molecular flexibility index (Phi) is 7.13. The van der Waals surface area contributed by atoms with Gasteiger partial charge < -0.3 is 0 Å². The number of hydrogen-bond acceptors (Lipinski definition) is 0. The SMILES string of the molecule is Cc1c(-c2c3ccc([Si](C)(c4ccccc4)c4ccccc4)cc3cc[n+]2C)cc(C(C)(C)C)cc1C(C)(C)C. The predicted molar refractivity (Wildman–Crippen MR) is 176 cm³/mol. The lowest BCUT2D eigenvalue weighted by molar-refractivity contribution is -0.659. The van der Waals surface area contributed by atoms with Gasteiger partial charge in [-0.1, -0.05) is 127 Å². The maximum Gasteiger partial charge on any atom is 0.220 e. The summed E-state index contributed by atoms with van der Waals surface area (Å²) in [6.45, 7) is 18.8. The first-order valence-corrected chi connectivity index (χ1v) is 17.0. The van der Waals surface area contributed by atoms with Gasteiger partial charge in [-0.05, 0) is 67.5 Å². The third-order valence-electron chi connectivity index (χ3n) is 8.75. The molecule has 0 unspecified atom stereocenters. The summed E-state index contributed by atoms with van der Waals surface area (Å²) in [5.74, 6) is 0. The summed E-state index contributed by atoms with van der Waals surface area (Å²) in [4.78, 5) is 0. The van der Waals surface area contributed by atoms with E-state index in [2.05, 4.69) is 170 Å². The summed E-state index contributed by atoms with van der Waals surface area (Å²) in [5, 5.41) is 6.92. The summed E-state index contributed by atoms with van der Waals surface area (Å²) in [6.07, 6.45) is 2.24. The number of aryl methyl sites for hydroxylation is 1. The zero-order chi connectivity index (χ0) is 28.9. The largest absolute Gasteiger partial charge is 0.220 e. The highest BCUT2D eigenvalue weighted by atomic mass is 28.3. The zero-order valence-electron chi connectivity index (χ0n) is 25.8. The van der Waals surface area contributed by atoms with Crippen LogP contribution in [0.3, 0.4) is 0 Å². The maximum atomic E-state index is 2.50. The molecule has 0 saturated carbocycles. The Balaban J connectivity index is 1.78. The minimum absolute atomic E-state index is 0.0647. The van der Waals surface area contributed by atoms with Gasteiger partial charge in [-0.15, -0.1) is 0 Å². The molecule has 0 atom stereocenters. The van der Waals surface area contributed by atoms with Crippen LogP contribution in [0.5, 0.6) is 0 Å². The minimum atomic E-state index is -2.19. The van der Waals surface area contributed by atoms with E-state index in [1.807, 2.05) is 0 Å². The molecular weight excluding hydrogens is 499 g/mol. The molecular formula is C38H44NSi+. The summed E-state index contributed by atoms with van der Waals surface area (Å²) in [5.41, 5.74) is 6.95. The lowest BCUT2D eigenvalue weighted by Gasteiger charge is -2.30. The highest BCUT2D eigenvalue weighted by Gasteiger charge is 2.35. The van der Waals surface area contributed by atoms with Gasteiger partial charge in [-0.3, -0.25) is 0 Å². The monoisotopic (exact) mass is 542 g/mol. The molecule has 0 aliphatic heterocycles. The second-order valence-corrected chi connectivity index (χ2v) is 17.6.